The quantitative estimate of drug-likeness (QED) is 0.263. The molecule has 0 unspecified atom stereocenters. The van der Waals surface area contributed by atoms with Crippen molar-refractivity contribution in [2.45, 2.75) is 20.4 Å². The smallest absolute Gasteiger partial charge is 0.229 e. The molecule has 0 aliphatic heterocycles. The normalized spacial score (nSPS) is 11.0. The van der Waals surface area contributed by atoms with Gasteiger partial charge in [0.25, 0.3) is 0 Å². The molecule has 3 aromatic rings. The zero-order valence-corrected chi connectivity index (χ0v) is 20.3. The highest BCUT2D eigenvalue weighted by molar-refractivity contribution is 7.80. The summed E-state index contributed by atoms with van der Waals surface area (Å²) in [6.45, 7) is 4.20. The largest absolute Gasteiger partial charge is 0.497 e. The molecule has 0 saturated carbocycles. The summed E-state index contributed by atoms with van der Waals surface area (Å²) in [4.78, 5) is 13.5. The van der Waals surface area contributed by atoms with Crippen LogP contribution in [-0.2, 0) is 6.54 Å². The monoisotopic (exact) mass is 484 g/mol. The van der Waals surface area contributed by atoms with Gasteiger partial charge in [0, 0.05) is 40.3 Å². The van der Waals surface area contributed by atoms with Crippen molar-refractivity contribution in [2.24, 2.45) is 4.99 Å². The van der Waals surface area contributed by atoms with Crippen LogP contribution < -0.4 is 25.4 Å². The van der Waals surface area contributed by atoms with Gasteiger partial charge in [0.05, 0.1) is 20.8 Å². The average molecular weight is 485 g/mol. The van der Waals surface area contributed by atoms with Crippen molar-refractivity contribution in [3.63, 3.8) is 0 Å². The van der Waals surface area contributed by atoms with Crippen molar-refractivity contribution < 1.29 is 9.47 Å². The number of aromatic nitrogens is 2. The number of methoxy groups -OCH3 is 2. The zero-order chi connectivity index (χ0) is 23.8. The summed E-state index contributed by atoms with van der Waals surface area (Å²) in [6, 6.07) is 14.8. The fourth-order valence-electron chi connectivity index (χ4n) is 2.91. The summed E-state index contributed by atoms with van der Waals surface area (Å²) in [5, 5.41) is 10.3. The molecule has 1 heterocycles. The van der Waals surface area contributed by atoms with Crippen LogP contribution in [0.1, 0.15) is 17.0 Å². The van der Waals surface area contributed by atoms with Crippen molar-refractivity contribution in [2.75, 3.05) is 24.9 Å². The number of thiocarbonyl (C=S) groups is 1. The molecular formula is C23H25ClN6O2S. The van der Waals surface area contributed by atoms with Crippen molar-refractivity contribution in [1.29, 1.82) is 0 Å². The molecule has 0 fully saturated rings. The fraction of sp³-hybridized carbons (Fsp3) is 0.217. The van der Waals surface area contributed by atoms with Gasteiger partial charge in [-0.3, -0.25) is 5.32 Å². The van der Waals surface area contributed by atoms with E-state index in [0.717, 1.165) is 17.0 Å². The van der Waals surface area contributed by atoms with Crippen LogP contribution in [0.25, 0.3) is 0 Å². The number of guanidine groups is 1. The number of aliphatic imine (C=N–C) groups is 1. The van der Waals surface area contributed by atoms with Crippen molar-refractivity contribution in [3.8, 4) is 11.5 Å². The van der Waals surface area contributed by atoms with Gasteiger partial charge in [-0.1, -0.05) is 23.7 Å². The van der Waals surface area contributed by atoms with Gasteiger partial charge in [-0.2, -0.15) is 0 Å². The van der Waals surface area contributed by atoms with Gasteiger partial charge < -0.3 is 20.1 Å². The van der Waals surface area contributed by atoms with Crippen molar-refractivity contribution in [1.82, 2.24) is 15.3 Å². The minimum Gasteiger partial charge on any atom is -0.497 e. The lowest BCUT2D eigenvalue weighted by Crippen LogP contribution is -2.39. The van der Waals surface area contributed by atoms with Gasteiger partial charge in [-0.15, -0.1) is 0 Å². The first-order valence-corrected chi connectivity index (χ1v) is 10.8. The molecule has 0 aliphatic rings. The predicted octanol–water partition coefficient (Wildman–Crippen LogP) is 4.72. The summed E-state index contributed by atoms with van der Waals surface area (Å²) in [5.74, 6) is 2.08. The second kappa shape index (κ2) is 11.4. The second-order valence-corrected chi connectivity index (χ2v) is 7.92. The maximum absolute atomic E-state index is 5.98. The first kappa shape index (κ1) is 24.2. The Morgan fingerprint density at radius 2 is 1.55 bits per heavy atom. The average Bonchev–Trinajstić information content (AvgIpc) is 2.77. The minimum absolute atomic E-state index is 0.317. The molecule has 0 saturated heterocycles. The SMILES string of the molecule is COc1cc(NC(=S)NC(=NCc2ccc(Cl)cc2)Nc2nc(C)cc(C)n2)cc(OC)c1. The number of hydrogen-bond donors (Lipinski definition) is 3. The molecule has 33 heavy (non-hydrogen) atoms. The van der Waals surface area contributed by atoms with E-state index < -0.39 is 0 Å². The summed E-state index contributed by atoms with van der Waals surface area (Å²) >= 11 is 11.5. The molecule has 0 atom stereocenters. The standard InChI is InChI=1S/C23H25ClN6O2S/c1-14-9-15(2)27-22(26-14)29-21(25-13-16-5-7-17(24)8-6-16)30-23(33)28-18-10-19(31-3)12-20(11-18)32-4/h5-12H,13H2,1-4H3,(H3,25,26,27,28,29,30,33). The van der Waals surface area contributed by atoms with Crippen LogP contribution in [0.3, 0.4) is 0 Å². The fourth-order valence-corrected chi connectivity index (χ4v) is 3.25. The number of benzene rings is 2. The first-order chi connectivity index (χ1) is 15.8. The third kappa shape index (κ3) is 7.58. The van der Waals surface area contributed by atoms with Gasteiger partial charge in [0.1, 0.15) is 11.5 Å². The molecule has 8 nitrogen and oxygen atoms in total. The number of ether oxygens (including phenoxy) is 2. The topological polar surface area (TPSA) is 92.7 Å². The Morgan fingerprint density at radius 3 is 2.12 bits per heavy atom. The number of aryl methyl sites for hydroxylation is 2. The highest BCUT2D eigenvalue weighted by atomic mass is 35.5. The summed E-state index contributed by atoms with van der Waals surface area (Å²) in [6.07, 6.45) is 0. The lowest BCUT2D eigenvalue weighted by molar-refractivity contribution is 0.395. The number of rotatable bonds is 6. The molecule has 0 radical (unpaired) electrons. The number of nitrogens with one attached hydrogen (secondary N) is 3. The highest BCUT2D eigenvalue weighted by Crippen LogP contribution is 2.25. The summed E-state index contributed by atoms with van der Waals surface area (Å²) < 4.78 is 10.6. The maximum atomic E-state index is 5.98. The molecule has 10 heteroatoms. The molecular weight excluding hydrogens is 460 g/mol. The van der Waals surface area contributed by atoms with E-state index in [-0.39, 0.29) is 0 Å². The Labute approximate surface area is 203 Å². The Hall–Kier alpha value is -3.43. The third-order valence-electron chi connectivity index (χ3n) is 4.39. The zero-order valence-electron chi connectivity index (χ0n) is 18.8. The van der Waals surface area contributed by atoms with Crippen LogP contribution in [0.15, 0.2) is 53.5 Å². The number of hydrogen-bond acceptors (Lipinski definition) is 6. The first-order valence-electron chi connectivity index (χ1n) is 10.0. The van der Waals surface area contributed by atoms with E-state index in [1.54, 1.807) is 20.3 Å². The minimum atomic E-state index is 0.317. The molecule has 0 bridgehead atoms. The molecule has 0 amide bonds. The molecule has 2 aromatic carbocycles. The Morgan fingerprint density at radius 1 is 0.939 bits per heavy atom. The molecule has 0 spiro atoms. The van der Waals surface area contributed by atoms with Crippen molar-refractivity contribution in [3.05, 3.63) is 70.5 Å². The lowest BCUT2D eigenvalue weighted by atomic mass is 10.2. The molecule has 1 aromatic heterocycles. The number of halogens is 1. The van der Waals surface area contributed by atoms with Crippen molar-refractivity contribution >= 4 is 46.5 Å². The maximum Gasteiger partial charge on any atom is 0.229 e. The molecule has 172 valence electrons. The number of nitrogens with zero attached hydrogens (tertiary/aromatic N) is 3. The second-order valence-electron chi connectivity index (χ2n) is 7.07. The predicted molar refractivity (Wildman–Crippen MR) is 137 cm³/mol. The third-order valence-corrected chi connectivity index (χ3v) is 4.84. The van der Waals surface area contributed by atoms with Crippen LogP contribution in [0.4, 0.5) is 11.6 Å². The molecule has 3 rings (SSSR count). The van der Waals surface area contributed by atoms with E-state index in [1.807, 2.05) is 56.3 Å². The van der Waals surface area contributed by atoms with E-state index in [1.165, 1.54) is 0 Å². The van der Waals surface area contributed by atoms with Crippen LogP contribution >= 0.6 is 23.8 Å². The van der Waals surface area contributed by atoms with E-state index in [9.17, 15) is 0 Å². The van der Waals surface area contributed by atoms with Crippen LogP contribution in [-0.4, -0.2) is 35.3 Å². The lowest BCUT2D eigenvalue weighted by Gasteiger charge is -2.15. The van der Waals surface area contributed by atoms with Gasteiger partial charge in [0.15, 0.2) is 5.11 Å². The van der Waals surface area contributed by atoms with Gasteiger partial charge in [-0.25, -0.2) is 15.0 Å². The van der Waals surface area contributed by atoms with E-state index in [0.29, 0.717) is 45.8 Å². The Balaban J connectivity index is 1.79. The van der Waals surface area contributed by atoms with Crippen LogP contribution in [0.5, 0.6) is 11.5 Å². The molecule has 0 aliphatic carbocycles. The Kier molecular flexibility index (Phi) is 8.39. The summed E-state index contributed by atoms with van der Waals surface area (Å²) in [5.41, 5.74) is 3.36. The van der Waals surface area contributed by atoms with E-state index >= 15 is 0 Å². The van der Waals surface area contributed by atoms with E-state index in [4.69, 9.17) is 33.3 Å². The Bertz CT molecular complexity index is 1110. The van der Waals surface area contributed by atoms with Gasteiger partial charge in [-0.05, 0) is 49.8 Å². The van der Waals surface area contributed by atoms with Crippen LogP contribution in [0.2, 0.25) is 5.02 Å². The number of anilines is 2. The summed E-state index contributed by atoms with van der Waals surface area (Å²) in [7, 11) is 3.18. The highest BCUT2D eigenvalue weighted by Gasteiger charge is 2.09. The van der Waals surface area contributed by atoms with E-state index in [2.05, 4.69) is 30.9 Å². The van der Waals surface area contributed by atoms with Gasteiger partial charge >= 0.3 is 0 Å². The molecule has 3 N–H and O–H groups in total. The van der Waals surface area contributed by atoms with Crippen LogP contribution in [0, 0.1) is 13.8 Å². The van der Waals surface area contributed by atoms with Gasteiger partial charge in [0.2, 0.25) is 11.9 Å².